The van der Waals surface area contributed by atoms with E-state index in [4.69, 9.17) is 0 Å². The maximum Gasteiger partial charge on any atom is 0.0645 e. The van der Waals surface area contributed by atoms with E-state index in [1.165, 1.54) is 4.90 Å². The summed E-state index contributed by atoms with van der Waals surface area (Å²) in [5, 5.41) is 1.85. The number of hydrogen-bond donors (Lipinski definition) is 0. The van der Waals surface area contributed by atoms with Crippen molar-refractivity contribution in [3.8, 4) is 66.8 Å². The van der Waals surface area contributed by atoms with E-state index in [0.717, 1.165) is 55.3 Å². The van der Waals surface area contributed by atoms with Crippen LogP contribution in [0.4, 0.5) is 17.1 Å². The van der Waals surface area contributed by atoms with Gasteiger partial charge in [0.05, 0.1) is 11.0 Å². The van der Waals surface area contributed by atoms with Gasteiger partial charge in [-0.25, -0.2) is 0 Å². The molecule has 1 nitrogen and oxygen atoms in total. The van der Waals surface area contributed by atoms with Crippen LogP contribution in [0, 0.1) is 0 Å². The third-order valence-electron chi connectivity index (χ3n) is 10.7. The summed E-state index contributed by atoms with van der Waals surface area (Å²) in [5.74, 6) is 0. The zero-order valence-electron chi connectivity index (χ0n) is 40.0. The minimum atomic E-state index is -0.402. The van der Waals surface area contributed by atoms with E-state index in [1.54, 1.807) is 24.3 Å². The predicted octanol–water partition coefficient (Wildman–Crippen LogP) is 16.3. The summed E-state index contributed by atoms with van der Waals surface area (Å²) in [6, 6.07) is 61.1. The molecule has 278 valence electrons. The van der Waals surface area contributed by atoms with Gasteiger partial charge in [0.2, 0.25) is 0 Å². The smallest absolute Gasteiger partial charge is 0.0645 e. The molecule has 10 rings (SSSR count). The molecular weight excluding hydrogens is 711 g/mol. The fourth-order valence-electron chi connectivity index (χ4n) is 7.63. The van der Waals surface area contributed by atoms with Crippen LogP contribution in [-0.2, 0) is 0 Å². The van der Waals surface area contributed by atoms with Gasteiger partial charge >= 0.3 is 0 Å². The Bertz CT molecular complexity index is 3390. The van der Waals surface area contributed by atoms with Gasteiger partial charge in [-0.15, -0.1) is 0 Å². The highest BCUT2D eigenvalue weighted by Crippen LogP contribution is 2.41. The van der Waals surface area contributed by atoms with Crippen molar-refractivity contribution < 1.29 is 11.0 Å². The second kappa shape index (κ2) is 16.0. The standard InChI is InChI=1S/C58H41N/c1-4-12-42(13-5-1)44-20-24-46(25-21-44)48-28-35-53(36-29-48)59(54-37-30-49(31-38-54)47-26-22-45(23-27-47)43-14-6-2-7-15-43)55-39-32-51(33-40-55)57-41-34-50-16-10-11-19-56(50)58(57)52-17-8-3-9-18-52/h1-41H/i28D,29D,32D,33D,35D,36D,39D,40D. The Labute approximate surface area is 358 Å². The van der Waals surface area contributed by atoms with Crippen LogP contribution in [0.3, 0.4) is 0 Å². The van der Waals surface area contributed by atoms with Crippen LogP contribution in [0.1, 0.15) is 11.0 Å². The van der Waals surface area contributed by atoms with Gasteiger partial charge < -0.3 is 4.90 Å². The fraction of sp³-hybridized carbons (Fsp3) is 0. The molecule has 0 aliphatic carbocycles. The lowest BCUT2D eigenvalue weighted by Gasteiger charge is -2.26. The summed E-state index contributed by atoms with van der Waals surface area (Å²) in [4.78, 5) is 1.36. The second-order valence-electron chi connectivity index (χ2n) is 14.3. The van der Waals surface area contributed by atoms with Crippen LogP contribution in [0.25, 0.3) is 77.5 Å². The molecule has 0 fully saturated rings. The van der Waals surface area contributed by atoms with Crippen molar-refractivity contribution in [2.24, 2.45) is 0 Å². The van der Waals surface area contributed by atoms with Crippen LogP contribution < -0.4 is 4.90 Å². The van der Waals surface area contributed by atoms with Gasteiger partial charge in [-0.05, 0) is 114 Å². The first-order valence-corrected chi connectivity index (χ1v) is 19.6. The summed E-state index contributed by atoms with van der Waals surface area (Å²) < 4.78 is 76.7. The summed E-state index contributed by atoms with van der Waals surface area (Å²) in [7, 11) is 0. The van der Waals surface area contributed by atoms with E-state index in [-0.39, 0.29) is 46.7 Å². The number of hydrogen-bond acceptors (Lipinski definition) is 1. The van der Waals surface area contributed by atoms with Crippen molar-refractivity contribution in [3.63, 3.8) is 0 Å². The molecule has 0 saturated heterocycles. The first-order chi connectivity index (χ1) is 32.6. The van der Waals surface area contributed by atoms with E-state index < -0.39 is 24.2 Å². The van der Waals surface area contributed by atoms with Gasteiger partial charge in [0, 0.05) is 17.1 Å². The molecule has 0 bridgehead atoms. The Hall–Kier alpha value is -7.74. The van der Waals surface area contributed by atoms with Gasteiger partial charge in [0.1, 0.15) is 0 Å². The van der Waals surface area contributed by atoms with E-state index in [0.29, 0.717) is 16.8 Å². The van der Waals surface area contributed by atoms with Crippen LogP contribution in [0.5, 0.6) is 0 Å². The molecule has 10 aromatic rings. The molecule has 0 aliphatic heterocycles. The predicted molar refractivity (Wildman–Crippen MR) is 251 cm³/mol. The molecule has 0 heterocycles. The molecule has 10 aromatic carbocycles. The lowest BCUT2D eigenvalue weighted by molar-refractivity contribution is 1.28. The zero-order chi connectivity index (χ0) is 46.3. The van der Waals surface area contributed by atoms with Gasteiger partial charge in [-0.2, -0.15) is 0 Å². The van der Waals surface area contributed by atoms with Crippen LogP contribution in [0.15, 0.2) is 249 Å². The Morgan fingerprint density at radius 1 is 0.254 bits per heavy atom. The Balaban J connectivity index is 1.15. The van der Waals surface area contributed by atoms with Gasteiger partial charge in [-0.1, -0.05) is 212 Å². The lowest BCUT2D eigenvalue weighted by atomic mass is 9.90. The number of benzene rings is 10. The molecule has 0 aromatic heterocycles. The topological polar surface area (TPSA) is 3.24 Å². The molecule has 0 spiro atoms. The highest BCUT2D eigenvalue weighted by Gasteiger charge is 2.16. The van der Waals surface area contributed by atoms with Crippen molar-refractivity contribution in [2.45, 2.75) is 0 Å². The minimum Gasteiger partial charge on any atom is -0.311 e. The summed E-state index contributed by atoms with van der Waals surface area (Å²) >= 11 is 0. The molecule has 0 unspecified atom stereocenters. The lowest BCUT2D eigenvalue weighted by Crippen LogP contribution is -2.09. The summed E-state index contributed by atoms with van der Waals surface area (Å²) in [5.41, 5.74) is 8.65. The van der Waals surface area contributed by atoms with Gasteiger partial charge in [0.15, 0.2) is 0 Å². The molecule has 0 saturated carbocycles. The van der Waals surface area contributed by atoms with Crippen molar-refractivity contribution >= 4 is 27.8 Å². The maximum absolute atomic E-state index is 9.73. The Morgan fingerprint density at radius 2 is 0.627 bits per heavy atom. The quantitative estimate of drug-likeness (QED) is 0.142. The highest BCUT2D eigenvalue weighted by molar-refractivity contribution is 6.04. The van der Waals surface area contributed by atoms with Crippen LogP contribution >= 0.6 is 0 Å². The molecule has 0 aliphatic rings. The first kappa shape index (κ1) is 27.8. The van der Waals surface area contributed by atoms with Crippen LogP contribution in [0.2, 0.25) is 0 Å². The van der Waals surface area contributed by atoms with E-state index >= 15 is 0 Å². The summed E-state index contributed by atoms with van der Waals surface area (Å²) in [6.45, 7) is 0. The third kappa shape index (κ3) is 7.34. The monoisotopic (exact) mass is 759 g/mol. The van der Waals surface area contributed by atoms with Crippen molar-refractivity contribution in [3.05, 3.63) is 249 Å². The number of anilines is 3. The number of nitrogens with zero attached hydrogens (tertiary/aromatic N) is 1. The summed E-state index contributed by atoms with van der Waals surface area (Å²) in [6.07, 6.45) is 0. The van der Waals surface area contributed by atoms with Crippen LogP contribution in [-0.4, -0.2) is 0 Å². The molecule has 0 amide bonds. The Kier molecular flexibility index (Phi) is 7.54. The average Bonchev–Trinajstić information content (AvgIpc) is 3.38. The Morgan fingerprint density at radius 3 is 1.12 bits per heavy atom. The number of rotatable bonds is 9. The molecule has 59 heavy (non-hydrogen) atoms. The first-order valence-electron chi connectivity index (χ1n) is 23.6. The largest absolute Gasteiger partial charge is 0.311 e. The number of fused-ring (bicyclic) bond motifs is 1. The van der Waals surface area contributed by atoms with E-state index in [9.17, 15) is 11.0 Å². The van der Waals surface area contributed by atoms with Crippen molar-refractivity contribution in [1.82, 2.24) is 0 Å². The molecule has 0 N–H and O–H groups in total. The highest BCUT2D eigenvalue weighted by atomic mass is 15.1. The van der Waals surface area contributed by atoms with Crippen molar-refractivity contribution in [1.29, 1.82) is 0 Å². The minimum absolute atomic E-state index is 0.103. The van der Waals surface area contributed by atoms with Gasteiger partial charge in [0.25, 0.3) is 0 Å². The maximum atomic E-state index is 9.73. The molecule has 0 radical (unpaired) electrons. The zero-order valence-corrected chi connectivity index (χ0v) is 32.0. The average molecular weight is 760 g/mol. The van der Waals surface area contributed by atoms with E-state index in [1.807, 2.05) is 152 Å². The SMILES string of the molecule is [2H]c1c([2H])c(N(c2ccc(-c3ccc(-c4ccccc4)cc3)cc2)c2c([2H])c([2H])c(-c3ccc4ccccc4c3-c3ccccc3)c([2H])c2[2H])c([2H])c([2H])c1-c1ccc(-c2ccccc2)cc1. The molecular formula is C58H41N. The molecule has 0 atom stereocenters. The second-order valence-corrected chi connectivity index (χ2v) is 14.3. The van der Waals surface area contributed by atoms with Crippen molar-refractivity contribution in [2.75, 3.05) is 4.90 Å². The van der Waals surface area contributed by atoms with E-state index in [2.05, 4.69) is 24.3 Å². The normalized spacial score (nSPS) is 12.9. The van der Waals surface area contributed by atoms with Gasteiger partial charge in [-0.3, -0.25) is 0 Å². The fourth-order valence-corrected chi connectivity index (χ4v) is 7.63. The third-order valence-corrected chi connectivity index (χ3v) is 10.7. The molecule has 1 heteroatoms.